The third kappa shape index (κ3) is 2.68. The normalized spacial score (nSPS) is 17.6. The molecule has 1 aliphatic rings. The zero-order valence-electron chi connectivity index (χ0n) is 11.1. The molecule has 21 heavy (non-hydrogen) atoms. The minimum atomic E-state index is -4.38. The van der Waals surface area contributed by atoms with Gasteiger partial charge in [-0.25, -0.2) is 0 Å². The van der Waals surface area contributed by atoms with E-state index in [9.17, 15) is 18.3 Å². The van der Waals surface area contributed by atoms with E-state index in [4.69, 9.17) is 0 Å². The molecule has 1 unspecified atom stereocenters. The molecule has 2 N–H and O–H groups in total. The molecule has 0 heterocycles. The van der Waals surface area contributed by atoms with Gasteiger partial charge in [0.05, 0.1) is 11.6 Å². The summed E-state index contributed by atoms with van der Waals surface area (Å²) in [6.07, 6.45) is -2.92. The molecule has 0 aliphatic heterocycles. The highest BCUT2D eigenvalue weighted by atomic mass is 19.4. The van der Waals surface area contributed by atoms with E-state index in [2.05, 4.69) is 5.32 Å². The van der Waals surface area contributed by atoms with Gasteiger partial charge in [0.25, 0.3) is 0 Å². The van der Waals surface area contributed by atoms with Crippen molar-refractivity contribution in [3.63, 3.8) is 0 Å². The van der Waals surface area contributed by atoms with Gasteiger partial charge in [-0.15, -0.1) is 0 Å². The lowest BCUT2D eigenvalue weighted by molar-refractivity contribution is -0.137. The third-order valence-corrected chi connectivity index (χ3v) is 3.77. The van der Waals surface area contributed by atoms with Crippen LogP contribution in [0.5, 0.6) is 5.75 Å². The summed E-state index contributed by atoms with van der Waals surface area (Å²) in [5.74, 6) is 0.185. The Morgan fingerprint density at radius 2 is 1.86 bits per heavy atom. The number of nitrogens with one attached hydrogen (secondary N) is 1. The number of fused-ring (bicyclic) bond motifs is 1. The van der Waals surface area contributed by atoms with Crippen molar-refractivity contribution >= 4 is 5.69 Å². The minimum absolute atomic E-state index is 0.0934. The Bertz CT molecular complexity index is 667. The highest BCUT2D eigenvalue weighted by molar-refractivity contribution is 5.55. The number of aromatic hydroxyl groups is 1. The molecule has 5 heteroatoms. The molecular weight excluding hydrogens is 279 g/mol. The molecule has 2 aromatic carbocycles. The fourth-order valence-corrected chi connectivity index (χ4v) is 2.80. The molecule has 1 aliphatic carbocycles. The lowest BCUT2D eigenvalue weighted by Gasteiger charge is -2.19. The van der Waals surface area contributed by atoms with Crippen LogP contribution < -0.4 is 5.32 Å². The first-order chi connectivity index (χ1) is 9.95. The molecule has 0 fully saturated rings. The van der Waals surface area contributed by atoms with E-state index >= 15 is 0 Å². The van der Waals surface area contributed by atoms with Crippen LogP contribution in [-0.4, -0.2) is 5.11 Å². The topological polar surface area (TPSA) is 32.3 Å². The van der Waals surface area contributed by atoms with Crippen molar-refractivity contribution in [2.75, 3.05) is 5.32 Å². The number of para-hydroxylation sites is 1. The molecule has 0 saturated heterocycles. The second-order valence-electron chi connectivity index (χ2n) is 5.16. The van der Waals surface area contributed by atoms with E-state index in [-0.39, 0.29) is 17.5 Å². The van der Waals surface area contributed by atoms with Crippen molar-refractivity contribution in [1.82, 2.24) is 0 Å². The van der Waals surface area contributed by atoms with Gasteiger partial charge in [-0.1, -0.05) is 18.2 Å². The van der Waals surface area contributed by atoms with Crippen molar-refractivity contribution in [3.8, 4) is 5.75 Å². The number of hydrogen-bond acceptors (Lipinski definition) is 2. The monoisotopic (exact) mass is 293 g/mol. The van der Waals surface area contributed by atoms with Crippen LogP contribution in [0.25, 0.3) is 0 Å². The summed E-state index contributed by atoms with van der Waals surface area (Å²) < 4.78 is 39.0. The molecule has 1 atom stereocenters. The van der Waals surface area contributed by atoms with Gasteiger partial charge in [0, 0.05) is 5.69 Å². The van der Waals surface area contributed by atoms with Crippen LogP contribution in [0.3, 0.4) is 0 Å². The van der Waals surface area contributed by atoms with Crippen molar-refractivity contribution in [1.29, 1.82) is 0 Å². The van der Waals surface area contributed by atoms with E-state index in [0.29, 0.717) is 6.42 Å². The fourth-order valence-electron chi connectivity index (χ4n) is 2.80. The number of aryl methyl sites for hydroxylation is 1. The van der Waals surface area contributed by atoms with Gasteiger partial charge in [0.15, 0.2) is 0 Å². The number of alkyl halides is 3. The molecule has 0 saturated carbocycles. The first kappa shape index (κ1) is 13.8. The number of phenols is 1. The maximum Gasteiger partial charge on any atom is 0.418 e. The number of halogens is 3. The maximum atomic E-state index is 13.0. The van der Waals surface area contributed by atoms with Gasteiger partial charge < -0.3 is 10.4 Å². The van der Waals surface area contributed by atoms with Crippen LogP contribution in [0.1, 0.15) is 29.2 Å². The summed E-state index contributed by atoms with van der Waals surface area (Å²) >= 11 is 0. The molecule has 2 nitrogen and oxygen atoms in total. The first-order valence-electron chi connectivity index (χ1n) is 6.70. The SMILES string of the molecule is Oc1ccc2c(c1)CCC2Nc1ccccc1C(F)(F)F. The van der Waals surface area contributed by atoms with Crippen molar-refractivity contribution < 1.29 is 18.3 Å². The van der Waals surface area contributed by atoms with Crippen LogP contribution in [0, 0.1) is 0 Å². The fraction of sp³-hybridized carbons (Fsp3) is 0.250. The van der Waals surface area contributed by atoms with Crippen LogP contribution in [0.4, 0.5) is 18.9 Å². The van der Waals surface area contributed by atoms with E-state index < -0.39 is 11.7 Å². The van der Waals surface area contributed by atoms with Crippen LogP contribution in [0.2, 0.25) is 0 Å². The zero-order valence-corrected chi connectivity index (χ0v) is 11.1. The molecule has 0 radical (unpaired) electrons. The summed E-state index contributed by atoms with van der Waals surface area (Å²) in [5.41, 5.74) is 1.37. The Balaban J connectivity index is 1.90. The molecule has 110 valence electrons. The van der Waals surface area contributed by atoms with Gasteiger partial charge in [-0.05, 0) is 48.2 Å². The van der Waals surface area contributed by atoms with Crippen LogP contribution in [0.15, 0.2) is 42.5 Å². The number of phenolic OH excluding ortho intramolecular Hbond substituents is 1. The van der Waals surface area contributed by atoms with E-state index in [1.54, 1.807) is 24.3 Å². The first-order valence-corrected chi connectivity index (χ1v) is 6.70. The number of anilines is 1. The average Bonchev–Trinajstić information content (AvgIpc) is 2.80. The van der Waals surface area contributed by atoms with Gasteiger partial charge in [0.2, 0.25) is 0 Å². The second kappa shape index (κ2) is 4.98. The van der Waals surface area contributed by atoms with E-state index in [0.717, 1.165) is 23.6 Å². The van der Waals surface area contributed by atoms with Crippen LogP contribution >= 0.6 is 0 Å². The Morgan fingerprint density at radius 3 is 2.62 bits per heavy atom. The standard InChI is InChI=1S/C16H14F3NO/c17-16(18,19)13-3-1-2-4-15(13)20-14-8-5-10-9-11(21)6-7-12(10)14/h1-4,6-7,9,14,20-21H,5,8H2. The minimum Gasteiger partial charge on any atom is -0.508 e. The van der Waals surface area contributed by atoms with Gasteiger partial charge in [-0.2, -0.15) is 13.2 Å². The maximum absolute atomic E-state index is 13.0. The van der Waals surface area contributed by atoms with Crippen molar-refractivity contribution in [2.45, 2.75) is 25.1 Å². The molecule has 0 amide bonds. The predicted octanol–water partition coefficient (Wildman–Crippen LogP) is 4.51. The number of benzene rings is 2. The van der Waals surface area contributed by atoms with Crippen molar-refractivity contribution in [2.24, 2.45) is 0 Å². The summed E-state index contributed by atoms with van der Waals surface area (Å²) in [4.78, 5) is 0. The molecule has 0 spiro atoms. The quantitative estimate of drug-likeness (QED) is 0.853. The summed E-state index contributed by atoms with van der Waals surface area (Å²) in [6, 6.07) is 10.3. The lowest BCUT2D eigenvalue weighted by atomic mass is 10.1. The van der Waals surface area contributed by atoms with Crippen LogP contribution in [-0.2, 0) is 12.6 Å². The Labute approximate surface area is 120 Å². The lowest BCUT2D eigenvalue weighted by Crippen LogP contribution is -2.13. The zero-order chi connectivity index (χ0) is 15.0. The Hall–Kier alpha value is -2.17. The van der Waals surface area contributed by atoms with E-state index in [1.807, 2.05) is 0 Å². The highest BCUT2D eigenvalue weighted by Gasteiger charge is 2.34. The molecule has 2 aromatic rings. The third-order valence-electron chi connectivity index (χ3n) is 3.77. The molecule has 0 aromatic heterocycles. The smallest absolute Gasteiger partial charge is 0.418 e. The van der Waals surface area contributed by atoms with Gasteiger partial charge >= 0.3 is 6.18 Å². The summed E-state index contributed by atoms with van der Waals surface area (Å²) in [7, 11) is 0. The highest BCUT2D eigenvalue weighted by Crippen LogP contribution is 2.39. The van der Waals surface area contributed by atoms with Crippen molar-refractivity contribution in [3.05, 3.63) is 59.2 Å². The molecule has 3 rings (SSSR count). The molecular formula is C16H14F3NO. The van der Waals surface area contributed by atoms with Gasteiger partial charge in [0.1, 0.15) is 5.75 Å². The Kier molecular flexibility index (Phi) is 3.27. The van der Waals surface area contributed by atoms with E-state index in [1.165, 1.54) is 12.1 Å². The predicted molar refractivity (Wildman–Crippen MR) is 74.2 cm³/mol. The number of rotatable bonds is 2. The molecule has 0 bridgehead atoms. The Morgan fingerprint density at radius 1 is 1.10 bits per heavy atom. The summed E-state index contributed by atoms with van der Waals surface area (Å²) in [5, 5.41) is 12.4. The second-order valence-corrected chi connectivity index (χ2v) is 5.16. The number of hydrogen-bond donors (Lipinski definition) is 2. The van der Waals surface area contributed by atoms with Gasteiger partial charge in [-0.3, -0.25) is 0 Å². The average molecular weight is 293 g/mol. The summed E-state index contributed by atoms with van der Waals surface area (Å²) in [6.45, 7) is 0. The largest absolute Gasteiger partial charge is 0.508 e.